The van der Waals surface area contributed by atoms with Crippen molar-refractivity contribution < 1.29 is 23.8 Å². The molecule has 0 saturated heterocycles. The first-order chi connectivity index (χ1) is 11.8. The number of hydrazine groups is 1. The maximum atomic E-state index is 12.1. The maximum Gasteiger partial charge on any atom is 0.429 e. The van der Waals surface area contributed by atoms with Gasteiger partial charge in [-0.2, -0.15) is 0 Å². The molecule has 0 unspecified atom stereocenters. The molecule has 0 aliphatic heterocycles. The average Bonchev–Trinajstić information content (AvgIpc) is 2.52. The topological polar surface area (TPSA) is 77.1 Å². The van der Waals surface area contributed by atoms with E-state index in [1.54, 1.807) is 46.9 Å². The van der Waals surface area contributed by atoms with Crippen LogP contribution in [-0.2, 0) is 9.47 Å². The van der Waals surface area contributed by atoms with Crippen molar-refractivity contribution in [1.29, 1.82) is 0 Å². The first-order valence-corrected chi connectivity index (χ1v) is 7.90. The van der Waals surface area contributed by atoms with Crippen LogP contribution in [0.2, 0.25) is 0 Å². The largest absolute Gasteiger partial charge is 0.497 e. The molecule has 7 nitrogen and oxygen atoms in total. The highest BCUT2D eigenvalue weighted by atomic mass is 16.6. The molecule has 25 heavy (non-hydrogen) atoms. The van der Waals surface area contributed by atoms with E-state index in [2.05, 4.69) is 17.3 Å². The second-order valence-corrected chi connectivity index (χ2v) is 5.62. The molecule has 0 heterocycles. The van der Waals surface area contributed by atoms with Crippen LogP contribution in [0, 0.1) is 11.8 Å². The molecule has 1 N–H and O–H groups in total. The molecule has 1 rings (SSSR count). The zero-order valence-electron chi connectivity index (χ0n) is 15.2. The Morgan fingerprint density at radius 1 is 1.16 bits per heavy atom. The summed E-state index contributed by atoms with van der Waals surface area (Å²) in [6.45, 7) is 6.78. The van der Waals surface area contributed by atoms with E-state index in [0.717, 1.165) is 10.6 Å². The Hall–Kier alpha value is -2.88. The van der Waals surface area contributed by atoms with E-state index in [1.807, 2.05) is 12.1 Å². The van der Waals surface area contributed by atoms with Gasteiger partial charge in [0, 0.05) is 5.56 Å². The number of carbonyl (C=O) groups is 2. The summed E-state index contributed by atoms with van der Waals surface area (Å²) in [5, 5.41) is 0.970. The molecule has 0 aliphatic carbocycles. The summed E-state index contributed by atoms with van der Waals surface area (Å²) in [6.07, 6.45) is -2.11. The number of hydrogen-bond donors (Lipinski definition) is 1. The van der Waals surface area contributed by atoms with Gasteiger partial charge in [0.15, 0.2) is 0 Å². The van der Waals surface area contributed by atoms with Gasteiger partial charge < -0.3 is 14.2 Å². The van der Waals surface area contributed by atoms with E-state index in [0.29, 0.717) is 5.75 Å². The molecule has 0 bridgehead atoms. The van der Waals surface area contributed by atoms with E-state index < -0.39 is 12.2 Å². The Kier molecular flexibility index (Phi) is 8.13. The van der Waals surface area contributed by atoms with Crippen LogP contribution < -0.4 is 10.2 Å². The van der Waals surface area contributed by atoms with E-state index >= 15 is 0 Å². The van der Waals surface area contributed by atoms with Crippen LogP contribution in [0.4, 0.5) is 9.59 Å². The number of ether oxygens (including phenoxy) is 3. The Morgan fingerprint density at radius 3 is 2.44 bits per heavy atom. The second kappa shape index (κ2) is 10.1. The van der Waals surface area contributed by atoms with Crippen molar-refractivity contribution in [1.82, 2.24) is 10.4 Å². The Balaban J connectivity index is 2.80. The third-order valence-electron chi connectivity index (χ3n) is 2.67. The van der Waals surface area contributed by atoms with Gasteiger partial charge in [0.25, 0.3) is 0 Å². The number of carbonyl (C=O) groups excluding carboxylic acids is 2. The van der Waals surface area contributed by atoms with Crippen LogP contribution in [-0.4, -0.2) is 43.1 Å². The number of benzene rings is 1. The molecule has 1 aromatic rings. The first kappa shape index (κ1) is 20.2. The number of methoxy groups -OCH3 is 1. The molecule has 0 saturated carbocycles. The summed E-state index contributed by atoms with van der Waals surface area (Å²) in [4.78, 5) is 23.8. The molecule has 0 fully saturated rings. The predicted octanol–water partition coefficient (Wildman–Crippen LogP) is 2.94. The van der Waals surface area contributed by atoms with Crippen LogP contribution in [0.15, 0.2) is 24.3 Å². The van der Waals surface area contributed by atoms with Crippen LogP contribution in [0.5, 0.6) is 5.75 Å². The first-order valence-electron chi connectivity index (χ1n) is 7.90. The lowest BCUT2D eigenvalue weighted by atomic mass is 10.2. The van der Waals surface area contributed by atoms with E-state index in [4.69, 9.17) is 14.2 Å². The van der Waals surface area contributed by atoms with Crippen molar-refractivity contribution in [2.75, 3.05) is 13.7 Å². The van der Waals surface area contributed by atoms with Crippen molar-refractivity contribution in [3.05, 3.63) is 29.8 Å². The minimum Gasteiger partial charge on any atom is -0.497 e. The highest BCUT2D eigenvalue weighted by molar-refractivity contribution is 5.74. The van der Waals surface area contributed by atoms with Gasteiger partial charge in [-0.25, -0.2) is 20.0 Å². The SMILES string of the molecule is COc1cccc(C#CCN(NC(=O)OC(C)C)C(=O)OC(C)C)c1. The fraction of sp³-hybridized carbons (Fsp3) is 0.444. The molecule has 0 atom stereocenters. The molecular weight excluding hydrogens is 324 g/mol. The number of hydrogen-bond acceptors (Lipinski definition) is 5. The van der Waals surface area contributed by atoms with Gasteiger partial charge in [0.2, 0.25) is 0 Å². The van der Waals surface area contributed by atoms with Crippen molar-refractivity contribution in [2.24, 2.45) is 0 Å². The van der Waals surface area contributed by atoms with Crippen molar-refractivity contribution in [3.63, 3.8) is 0 Å². The van der Waals surface area contributed by atoms with Crippen molar-refractivity contribution in [2.45, 2.75) is 39.9 Å². The maximum absolute atomic E-state index is 12.1. The Morgan fingerprint density at radius 2 is 1.84 bits per heavy atom. The quantitative estimate of drug-likeness (QED) is 0.669. The number of nitrogens with one attached hydrogen (secondary N) is 1. The summed E-state index contributed by atoms with van der Waals surface area (Å²) < 4.78 is 15.2. The highest BCUT2D eigenvalue weighted by Crippen LogP contribution is 2.11. The highest BCUT2D eigenvalue weighted by Gasteiger charge is 2.19. The minimum atomic E-state index is -0.751. The molecule has 136 valence electrons. The van der Waals surface area contributed by atoms with Gasteiger partial charge in [0.1, 0.15) is 12.3 Å². The van der Waals surface area contributed by atoms with Crippen LogP contribution in [0.25, 0.3) is 0 Å². The molecule has 1 aromatic carbocycles. The monoisotopic (exact) mass is 348 g/mol. The normalized spacial score (nSPS) is 9.88. The Bertz CT molecular complexity index is 646. The molecule has 0 spiro atoms. The van der Waals surface area contributed by atoms with Crippen LogP contribution in [0.3, 0.4) is 0 Å². The molecule has 0 radical (unpaired) electrons. The lowest BCUT2D eigenvalue weighted by Crippen LogP contribution is -2.47. The van der Waals surface area contributed by atoms with Gasteiger partial charge >= 0.3 is 12.2 Å². The number of nitrogens with zero attached hydrogens (tertiary/aromatic N) is 1. The summed E-state index contributed by atoms with van der Waals surface area (Å²) in [7, 11) is 1.57. The van der Waals surface area contributed by atoms with Crippen LogP contribution >= 0.6 is 0 Å². The van der Waals surface area contributed by atoms with Crippen LogP contribution in [0.1, 0.15) is 33.3 Å². The number of amides is 2. The van der Waals surface area contributed by atoms with E-state index in [-0.39, 0.29) is 18.8 Å². The summed E-state index contributed by atoms with van der Waals surface area (Å²) >= 11 is 0. The summed E-state index contributed by atoms with van der Waals surface area (Å²) in [5.41, 5.74) is 3.06. The number of rotatable bonds is 4. The predicted molar refractivity (Wildman–Crippen MR) is 92.9 cm³/mol. The third-order valence-corrected chi connectivity index (χ3v) is 2.67. The molecule has 0 aliphatic rings. The second-order valence-electron chi connectivity index (χ2n) is 5.62. The van der Waals surface area contributed by atoms with Gasteiger partial charge in [-0.1, -0.05) is 17.9 Å². The smallest absolute Gasteiger partial charge is 0.429 e. The standard InChI is InChI=1S/C18H24N2O5/c1-13(2)24-17(21)19-20(18(22)25-14(3)4)11-7-9-15-8-6-10-16(12-15)23-5/h6,8,10,12-14H,11H2,1-5H3,(H,19,21). The molecule has 0 aromatic heterocycles. The lowest BCUT2D eigenvalue weighted by Gasteiger charge is -2.22. The third kappa shape index (κ3) is 7.97. The van der Waals surface area contributed by atoms with Gasteiger partial charge in [-0.3, -0.25) is 0 Å². The fourth-order valence-electron chi connectivity index (χ4n) is 1.69. The zero-order valence-corrected chi connectivity index (χ0v) is 15.2. The van der Waals surface area contributed by atoms with E-state index in [1.165, 1.54) is 0 Å². The van der Waals surface area contributed by atoms with E-state index in [9.17, 15) is 9.59 Å². The lowest BCUT2D eigenvalue weighted by molar-refractivity contribution is 0.0517. The molecule has 2 amide bonds. The molecular formula is C18H24N2O5. The van der Waals surface area contributed by atoms with Gasteiger partial charge in [-0.05, 0) is 45.9 Å². The minimum absolute atomic E-state index is 0.0596. The average molecular weight is 348 g/mol. The van der Waals surface area contributed by atoms with Gasteiger partial charge in [-0.15, -0.1) is 0 Å². The fourth-order valence-corrected chi connectivity index (χ4v) is 1.69. The van der Waals surface area contributed by atoms with Gasteiger partial charge in [0.05, 0.1) is 19.3 Å². The Labute approximate surface area is 148 Å². The zero-order chi connectivity index (χ0) is 18.8. The molecule has 7 heteroatoms. The van der Waals surface area contributed by atoms with Crippen molar-refractivity contribution >= 4 is 12.2 Å². The summed E-state index contributed by atoms with van der Waals surface area (Å²) in [6, 6.07) is 7.20. The summed E-state index contributed by atoms with van der Waals surface area (Å²) in [5.74, 6) is 6.40. The van der Waals surface area contributed by atoms with Crippen molar-refractivity contribution in [3.8, 4) is 17.6 Å².